The van der Waals surface area contributed by atoms with Crippen molar-refractivity contribution >= 4 is 11.9 Å². The number of hydrogen-bond donors (Lipinski definition) is 3. The SMILES string of the molecule is CC1CC1c1ccc(CCC(=O)N[C@H](CCO)C(=O)O)o1. The van der Waals surface area contributed by atoms with Gasteiger partial charge in [0.2, 0.25) is 5.91 Å². The van der Waals surface area contributed by atoms with Crippen molar-refractivity contribution in [2.24, 2.45) is 5.92 Å². The molecule has 2 unspecified atom stereocenters. The van der Waals surface area contributed by atoms with Crippen molar-refractivity contribution in [3.8, 4) is 0 Å². The number of amides is 1. The van der Waals surface area contributed by atoms with Crippen molar-refractivity contribution in [2.75, 3.05) is 6.61 Å². The predicted molar refractivity (Wildman–Crippen MR) is 74.8 cm³/mol. The van der Waals surface area contributed by atoms with Gasteiger partial charge in [0.05, 0.1) is 0 Å². The van der Waals surface area contributed by atoms with Crippen LogP contribution in [0.1, 0.15) is 43.6 Å². The fourth-order valence-corrected chi connectivity index (χ4v) is 2.34. The molecule has 1 heterocycles. The smallest absolute Gasteiger partial charge is 0.326 e. The third-order valence-corrected chi connectivity index (χ3v) is 3.81. The first-order chi connectivity index (χ1) is 10.0. The maximum Gasteiger partial charge on any atom is 0.326 e. The first kappa shape index (κ1) is 15.6. The van der Waals surface area contributed by atoms with E-state index in [2.05, 4.69) is 12.2 Å². The van der Waals surface area contributed by atoms with Crippen LogP contribution in [-0.4, -0.2) is 34.7 Å². The number of furan rings is 1. The van der Waals surface area contributed by atoms with Gasteiger partial charge in [-0.1, -0.05) is 6.92 Å². The van der Waals surface area contributed by atoms with Crippen LogP contribution in [-0.2, 0) is 16.0 Å². The quantitative estimate of drug-likeness (QED) is 0.671. The normalized spacial score (nSPS) is 21.8. The minimum Gasteiger partial charge on any atom is -0.480 e. The molecule has 0 aromatic carbocycles. The summed E-state index contributed by atoms with van der Waals surface area (Å²) >= 11 is 0. The Labute approximate surface area is 123 Å². The van der Waals surface area contributed by atoms with E-state index in [-0.39, 0.29) is 25.4 Å². The zero-order valence-electron chi connectivity index (χ0n) is 12.0. The van der Waals surface area contributed by atoms with Crippen molar-refractivity contribution in [1.82, 2.24) is 5.32 Å². The number of aliphatic carboxylic acids is 1. The van der Waals surface area contributed by atoms with Crippen LogP contribution in [0.5, 0.6) is 0 Å². The Morgan fingerprint density at radius 2 is 2.19 bits per heavy atom. The molecule has 2 rings (SSSR count). The molecular formula is C15H21NO5. The number of carboxylic acid groups (broad SMARTS) is 1. The minimum absolute atomic E-state index is 0.00550. The zero-order chi connectivity index (χ0) is 15.4. The van der Waals surface area contributed by atoms with Crippen LogP contribution in [0.2, 0.25) is 0 Å². The van der Waals surface area contributed by atoms with E-state index in [4.69, 9.17) is 14.6 Å². The van der Waals surface area contributed by atoms with Crippen LogP contribution in [0.15, 0.2) is 16.5 Å². The van der Waals surface area contributed by atoms with E-state index in [0.29, 0.717) is 18.3 Å². The lowest BCUT2D eigenvalue weighted by Gasteiger charge is -2.12. The summed E-state index contributed by atoms with van der Waals surface area (Å²) in [6, 6.07) is 2.78. The van der Waals surface area contributed by atoms with Crippen LogP contribution < -0.4 is 5.32 Å². The molecule has 1 aliphatic rings. The first-order valence-electron chi connectivity index (χ1n) is 7.23. The topological polar surface area (TPSA) is 99.8 Å². The molecule has 1 amide bonds. The summed E-state index contributed by atoms with van der Waals surface area (Å²) in [6.45, 7) is 1.89. The summed E-state index contributed by atoms with van der Waals surface area (Å²) in [5, 5.41) is 20.0. The lowest BCUT2D eigenvalue weighted by atomic mass is 10.2. The summed E-state index contributed by atoms with van der Waals surface area (Å²) in [4.78, 5) is 22.6. The molecule has 0 bridgehead atoms. The van der Waals surface area contributed by atoms with Crippen molar-refractivity contribution in [1.29, 1.82) is 0 Å². The number of hydrogen-bond acceptors (Lipinski definition) is 4. The molecule has 6 nitrogen and oxygen atoms in total. The number of rotatable bonds is 8. The van der Waals surface area contributed by atoms with Gasteiger partial charge in [-0.3, -0.25) is 4.79 Å². The molecule has 1 aromatic heterocycles. The Balaban J connectivity index is 1.78. The van der Waals surface area contributed by atoms with Gasteiger partial charge in [-0.15, -0.1) is 0 Å². The number of carbonyl (C=O) groups excluding carboxylic acids is 1. The van der Waals surface area contributed by atoms with Crippen LogP contribution >= 0.6 is 0 Å². The van der Waals surface area contributed by atoms with Gasteiger partial charge in [-0.2, -0.15) is 0 Å². The summed E-state index contributed by atoms with van der Waals surface area (Å²) < 4.78 is 5.69. The van der Waals surface area contributed by atoms with Gasteiger partial charge in [-0.05, 0) is 24.5 Å². The highest BCUT2D eigenvalue weighted by atomic mass is 16.4. The number of aliphatic hydroxyl groups excluding tert-OH is 1. The van der Waals surface area contributed by atoms with Crippen LogP contribution in [0.3, 0.4) is 0 Å². The molecule has 1 aromatic rings. The molecule has 1 aliphatic carbocycles. The number of nitrogens with one attached hydrogen (secondary N) is 1. The van der Waals surface area contributed by atoms with Gasteiger partial charge in [0, 0.05) is 31.8 Å². The number of carbonyl (C=O) groups is 2. The largest absolute Gasteiger partial charge is 0.480 e. The van der Waals surface area contributed by atoms with E-state index in [1.54, 1.807) is 0 Å². The molecule has 3 N–H and O–H groups in total. The standard InChI is InChI=1S/C15H21NO5/c1-9-8-11(9)13-4-2-10(21-13)3-5-14(18)16-12(6-7-17)15(19)20/h2,4,9,11-12,17H,3,5-8H2,1H3,(H,16,18)(H,19,20)/t9?,11?,12-/m1/s1. The highest BCUT2D eigenvalue weighted by Gasteiger charge is 2.36. The van der Waals surface area contributed by atoms with Crippen molar-refractivity contribution in [3.63, 3.8) is 0 Å². The van der Waals surface area contributed by atoms with Gasteiger partial charge in [0.15, 0.2) is 0 Å². The summed E-state index contributed by atoms with van der Waals surface area (Å²) in [6.07, 6.45) is 1.77. The molecule has 0 aliphatic heterocycles. The fourth-order valence-electron chi connectivity index (χ4n) is 2.34. The molecule has 0 spiro atoms. The zero-order valence-corrected chi connectivity index (χ0v) is 12.0. The molecular weight excluding hydrogens is 274 g/mol. The molecule has 0 radical (unpaired) electrons. The second kappa shape index (κ2) is 6.76. The Morgan fingerprint density at radius 3 is 2.76 bits per heavy atom. The van der Waals surface area contributed by atoms with Crippen LogP contribution in [0.25, 0.3) is 0 Å². The van der Waals surface area contributed by atoms with E-state index in [1.165, 1.54) is 0 Å². The van der Waals surface area contributed by atoms with Crippen LogP contribution in [0.4, 0.5) is 0 Å². The molecule has 21 heavy (non-hydrogen) atoms. The second-order valence-electron chi connectivity index (χ2n) is 5.59. The summed E-state index contributed by atoms with van der Waals surface area (Å²) in [5.74, 6) is 1.40. The average Bonchev–Trinajstić information content (AvgIpc) is 2.99. The van der Waals surface area contributed by atoms with Crippen LogP contribution in [0, 0.1) is 5.92 Å². The molecule has 6 heteroatoms. The predicted octanol–water partition coefficient (Wildman–Crippen LogP) is 1.29. The van der Waals surface area contributed by atoms with E-state index in [0.717, 1.165) is 17.9 Å². The third kappa shape index (κ3) is 4.32. The average molecular weight is 295 g/mol. The first-order valence-corrected chi connectivity index (χ1v) is 7.23. The fraction of sp³-hybridized carbons (Fsp3) is 0.600. The van der Waals surface area contributed by atoms with Crippen molar-refractivity contribution < 1.29 is 24.2 Å². The molecule has 1 saturated carbocycles. The minimum atomic E-state index is -1.14. The Morgan fingerprint density at radius 1 is 1.48 bits per heavy atom. The number of carboxylic acids is 1. The Bertz CT molecular complexity index is 510. The van der Waals surface area contributed by atoms with Gasteiger partial charge in [0.25, 0.3) is 0 Å². The van der Waals surface area contributed by atoms with E-state index in [1.807, 2.05) is 12.1 Å². The highest BCUT2D eigenvalue weighted by Crippen LogP contribution is 2.47. The van der Waals surface area contributed by atoms with Gasteiger partial charge < -0.3 is 19.9 Å². The van der Waals surface area contributed by atoms with Gasteiger partial charge >= 0.3 is 5.97 Å². The van der Waals surface area contributed by atoms with E-state index in [9.17, 15) is 9.59 Å². The molecule has 3 atom stereocenters. The summed E-state index contributed by atoms with van der Waals surface area (Å²) in [7, 11) is 0. The lowest BCUT2D eigenvalue weighted by molar-refractivity contribution is -0.142. The number of aliphatic hydroxyl groups is 1. The highest BCUT2D eigenvalue weighted by molar-refractivity contribution is 5.83. The lowest BCUT2D eigenvalue weighted by Crippen LogP contribution is -2.41. The second-order valence-corrected chi connectivity index (χ2v) is 5.59. The number of aryl methyl sites for hydroxylation is 1. The summed E-state index contributed by atoms with van der Waals surface area (Å²) in [5.41, 5.74) is 0. The maximum atomic E-state index is 11.7. The van der Waals surface area contributed by atoms with E-state index >= 15 is 0 Å². The van der Waals surface area contributed by atoms with Gasteiger partial charge in [-0.25, -0.2) is 4.79 Å². The Hall–Kier alpha value is -1.82. The van der Waals surface area contributed by atoms with Gasteiger partial charge in [0.1, 0.15) is 17.6 Å². The molecule has 116 valence electrons. The molecule has 0 saturated heterocycles. The monoisotopic (exact) mass is 295 g/mol. The third-order valence-electron chi connectivity index (χ3n) is 3.81. The Kier molecular flexibility index (Phi) is 5.01. The maximum absolute atomic E-state index is 11.7. The van der Waals surface area contributed by atoms with E-state index < -0.39 is 12.0 Å². The molecule has 1 fully saturated rings. The van der Waals surface area contributed by atoms with Crippen molar-refractivity contribution in [3.05, 3.63) is 23.7 Å². The van der Waals surface area contributed by atoms with Crippen molar-refractivity contribution in [2.45, 2.75) is 44.6 Å².